The minimum Gasteiger partial charge on any atom is -0.381 e. The van der Waals surface area contributed by atoms with Gasteiger partial charge in [0.15, 0.2) is 0 Å². The van der Waals surface area contributed by atoms with Gasteiger partial charge in [0.25, 0.3) is 0 Å². The first-order chi connectivity index (χ1) is 7.77. The number of rotatable bonds is 7. The molecule has 1 aliphatic carbocycles. The number of aryl methyl sites for hydroxylation is 1. The molecule has 1 atom stereocenters. The largest absolute Gasteiger partial charge is 0.381 e. The van der Waals surface area contributed by atoms with Crippen LogP contribution in [0.25, 0.3) is 0 Å². The molecule has 1 aromatic rings. The van der Waals surface area contributed by atoms with Gasteiger partial charge in [-0.3, -0.25) is 0 Å². The molecule has 1 heterocycles. The Morgan fingerprint density at radius 2 is 2.44 bits per heavy atom. The van der Waals surface area contributed by atoms with Crippen LogP contribution in [-0.2, 0) is 11.3 Å². The minimum atomic E-state index is 0.0508. The Balaban J connectivity index is 1.65. The van der Waals surface area contributed by atoms with Crippen molar-refractivity contribution in [1.29, 1.82) is 0 Å². The van der Waals surface area contributed by atoms with E-state index in [1.807, 2.05) is 19.4 Å². The maximum Gasteiger partial charge on any atom is 0.0948 e. The summed E-state index contributed by atoms with van der Waals surface area (Å²) in [5.74, 6) is 0.855. The van der Waals surface area contributed by atoms with Gasteiger partial charge in [-0.2, -0.15) is 0 Å². The highest BCUT2D eigenvalue weighted by molar-refractivity contribution is 5.02. The first-order valence-electron chi connectivity index (χ1n) is 6.10. The van der Waals surface area contributed by atoms with E-state index >= 15 is 0 Å². The molecule has 4 nitrogen and oxygen atoms in total. The number of nitrogens with two attached hydrogens (primary N) is 1. The van der Waals surface area contributed by atoms with Crippen LogP contribution in [0.3, 0.4) is 0 Å². The third-order valence-electron chi connectivity index (χ3n) is 2.95. The van der Waals surface area contributed by atoms with Crippen LogP contribution in [0, 0.1) is 5.92 Å². The lowest BCUT2D eigenvalue weighted by molar-refractivity contribution is 0.119. The van der Waals surface area contributed by atoms with E-state index in [0.717, 1.165) is 37.8 Å². The van der Waals surface area contributed by atoms with E-state index < -0.39 is 0 Å². The Morgan fingerprint density at radius 3 is 3.12 bits per heavy atom. The molecule has 2 N–H and O–H groups in total. The third-order valence-corrected chi connectivity index (χ3v) is 2.95. The molecule has 0 radical (unpaired) electrons. The van der Waals surface area contributed by atoms with Crippen molar-refractivity contribution in [1.82, 2.24) is 9.55 Å². The Hall–Kier alpha value is -0.870. The molecule has 1 aliphatic rings. The molecular weight excluding hydrogens is 202 g/mol. The highest BCUT2D eigenvalue weighted by Crippen LogP contribution is 2.28. The van der Waals surface area contributed by atoms with Gasteiger partial charge in [0.05, 0.1) is 12.0 Å². The molecule has 0 unspecified atom stereocenters. The summed E-state index contributed by atoms with van der Waals surface area (Å²) in [5, 5.41) is 0. The zero-order chi connectivity index (χ0) is 11.4. The van der Waals surface area contributed by atoms with Gasteiger partial charge in [0, 0.05) is 32.0 Å². The predicted molar refractivity (Wildman–Crippen MR) is 63.0 cm³/mol. The van der Waals surface area contributed by atoms with Gasteiger partial charge in [0.1, 0.15) is 0 Å². The van der Waals surface area contributed by atoms with Crippen molar-refractivity contribution in [3.63, 3.8) is 0 Å². The summed E-state index contributed by atoms with van der Waals surface area (Å²) in [4.78, 5) is 4.12. The molecule has 4 heteroatoms. The van der Waals surface area contributed by atoms with Gasteiger partial charge in [0.2, 0.25) is 0 Å². The molecule has 0 aliphatic heterocycles. The lowest BCUT2D eigenvalue weighted by Gasteiger charge is -2.10. The lowest BCUT2D eigenvalue weighted by atomic mass is 10.2. The average molecular weight is 223 g/mol. The van der Waals surface area contributed by atoms with E-state index in [0.29, 0.717) is 0 Å². The van der Waals surface area contributed by atoms with Crippen molar-refractivity contribution in [3.05, 3.63) is 18.2 Å². The zero-order valence-corrected chi connectivity index (χ0v) is 9.93. The summed E-state index contributed by atoms with van der Waals surface area (Å²) in [6, 6.07) is 0.0508. The second-order valence-electron chi connectivity index (χ2n) is 4.67. The molecular formula is C12H21N3O. The smallest absolute Gasteiger partial charge is 0.0948 e. The van der Waals surface area contributed by atoms with Crippen LogP contribution in [0.2, 0.25) is 0 Å². The van der Waals surface area contributed by atoms with Crippen molar-refractivity contribution >= 4 is 0 Å². The van der Waals surface area contributed by atoms with Crippen LogP contribution < -0.4 is 5.73 Å². The average Bonchev–Trinajstić information content (AvgIpc) is 2.94. The second kappa shape index (κ2) is 5.46. The van der Waals surface area contributed by atoms with Crippen LogP contribution in [0.1, 0.15) is 37.9 Å². The van der Waals surface area contributed by atoms with Crippen LogP contribution in [0.5, 0.6) is 0 Å². The Morgan fingerprint density at radius 1 is 1.62 bits per heavy atom. The molecule has 1 saturated carbocycles. The summed E-state index contributed by atoms with van der Waals surface area (Å²) in [7, 11) is 0. The topological polar surface area (TPSA) is 53.1 Å². The number of nitrogens with zero attached hydrogens (tertiary/aromatic N) is 2. The van der Waals surface area contributed by atoms with Gasteiger partial charge >= 0.3 is 0 Å². The van der Waals surface area contributed by atoms with E-state index in [-0.39, 0.29) is 6.04 Å². The fourth-order valence-electron chi connectivity index (χ4n) is 1.77. The molecule has 0 bridgehead atoms. The Labute approximate surface area is 96.8 Å². The standard InChI is InChI=1S/C12H21N3O/c1-10(13)12-7-14-9-15(12)5-2-6-16-8-11-3-4-11/h7,9-11H,2-6,8,13H2,1H3/t10-/m1/s1. The highest BCUT2D eigenvalue weighted by Gasteiger charge is 2.20. The minimum absolute atomic E-state index is 0.0508. The number of hydrogen-bond acceptors (Lipinski definition) is 3. The monoisotopic (exact) mass is 223 g/mol. The maximum atomic E-state index is 5.85. The van der Waals surface area contributed by atoms with Crippen molar-refractivity contribution in [2.24, 2.45) is 11.7 Å². The van der Waals surface area contributed by atoms with Crippen LogP contribution in [-0.4, -0.2) is 22.8 Å². The van der Waals surface area contributed by atoms with E-state index in [2.05, 4.69) is 9.55 Å². The zero-order valence-electron chi connectivity index (χ0n) is 9.93. The van der Waals surface area contributed by atoms with Gasteiger partial charge in [-0.15, -0.1) is 0 Å². The van der Waals surface area contributed by atoms with Gasteiger partial charge in [-0.25, -0.2) is 4.98 Å². The molecule has 1 aromatic heterocycles. The maximum absolute atomic E-state index is 5.85. The van der Waals surface area contributed by atoms with Gasteiger partial charge < -0.3 is 15.0 Å². The number of imidazole rings is 1. The Bertz CT molecular complexity index is 318. The van der Waals surface area contributed by atoms with E-state index in [1.165, 1.54) is 12.8 Å². The first-order valence-corrected chi connectivity index (χ1v) is 6.10. The molecule has 0 aromatic carbocycles. The van der Waals surface area contributed by atoms with Gasteiger partial charge in [-0.05, 0) is 32.1 Å². The summed E-state index contributed by atoms with van der Waals surface area (Å²) in [6.07, 6.45) is 7.44. The summed E-state index contributed by atoms with van der Waals surface area (Å²) >= 11 is 0. The molecule has 0 spiro atoms. The fourth-order valence-corrected chi connectivity index (χ4v) is 1.77. The van der Waals surface area contributed by atoms with Crippen molar-refractivity contribution < 1.29 is 4.74 Å². The molecule has 0 saturated heterocycles. The van der Waals surface area contributed by atoms with Crippen molar-refractivity contribution in [3.8, 4) is 0 Å². The van der Waals surface area contributed by atoms with Gasteiger partial charge in [-0.1, -0.05) is 0 Å². The summed E-state index contributed by atoms with van der Waals surface area (Å²) in [5.41, 5.74) is 6.94. The highest BCUT2D eigenvalue weighted by atomic mass is 16.5. The van der Waals surface area contributed by atoms with Crippen molar-refractivity contribution in [2.75, 3.05) is 13.2 Å². The van der Waals surface area contributed by atoms with Crippen molar-refractivity contribution in [2.45, 2.75) is 38.8 Å². The third kappa shape index (κ3) is 3.32. The fraction of sp³-hybridized carbons (Fsp3) is 0.750. The number of hydrogen-bond donors (Lipinski definition) is 1. The van der Waals surface area contributed by atoms with Crippen LogP contribution in [0.15, 0.2) is 12.5 Å². The molecule has 90 valence electrons. The molecule has 2 rings (SSSR count). The Kier molecular flexibility index (Phi) is 3.96. The molecule has 16 heavy (non-hydrogen) atoms. The van der Waals surface area contributed by atoms with Crippen LogP contribution >= 0.6 is 0 Å². The molecule has 1 fully saturated rings. The summed E-state index contributed by atoms with van der Waals surface area (Å²) in [6.45, 7) is 4.72. The second-order valence-corrected chi connectivity index (χ2v) is 4.67. The summed E-state index contributed by atoms with van der Waals surface area (Å²) < 4.78 is 7.71. The van der Waals surface area contributed by atoms with Crippen LogP contribution in [0.4, 0.5) is 0 Å². The van der Waals surface area contributed by atoms with E-state index in [1.54, 1.807) is 0 Å². The van der Waals surface area contributed by atoms with E-state index in [4.69, 9.17) is 10.5 Å². The normalized spacial score (nSPS) is 17.6. The first kappa shape index (κ1) is 11.6. The SMILES string of the molecule is C[C@@H](N)c1cncn1CCCOCC1CC1. The molecule has 0 amide bonds. The van der Waals surface area contributed by atoms with E-state index in [9.17, 15) is 0 Å². The number of ether oxygens (including phenoxy) is 1. The predicted octanol–water partition coefficient (Wildman–Crippen LogP) is 1.72. The lowest BCUT2D eigenvalue weighted by Crippen LogP contribution is -2.13. The number of aromatic nitrogens is 2. The quantitative estimate of drug-likeness (QED) is 0.716.